The molecule has 12 heteroatoms. The Hall–Kier alpha value is -3.51. The van der Waals surface area contributed by atoms with Gasteiger partial charge in [-0.25, -0.2) is 0 Å². The van der Waals surface area contributed by atoms with Gasteiger partial charge in [-0.05, 0) is 42.0 Å². The monoisotopic (exact) mass is 566 g/mol. The molecule has 3 heterocycles. The lowest BCUT2D eigenvalue weighted by atomic mass is 9.97. The molecule has 0 spiro atoms. The number of aliphatic hydroxyl groups excluding tert-OH is 1. The summed E-state index contributed by atoms with van der Waals surface area (Å²) in [7, 11) is 0. The van der Waals surface area contributed by atoms with E-state index in [2.05, 4.69) is 9.88 Å². The largest absolute Gasteiger partial charge is 0.416 e. The van der Waals surface area contributed by atoms with Gasteiger partial charge in [0.15, 0.2) is 6.10 Å². The molecule has 5 rings (SSSR count). The number of fused-ring (bicyclic) bond motifs is 1. The molecule has 6 nitrogen and oxygen atoms in total. The van der Waals surface area contributed by atoms with E-state index >= 15 is 0 Å². The smallest absolute Gasteiger partial charge is 0.382 e. The second-order valence-electron chi connectivity index (χ2n) is 9.79. The number of anilines is 3. The highest BCUT2D eigenvalue weighted by Crippen LogP contribution is 2.43. The highest BCUT2D eigenvalue weighted by molar-refractivity contribution is 5.75. The Morgan fingerprint density at radius 1 is 0.900 bits per heavy atom. The van der Waals surface area contributed by atoms with Crippen molar-refractivity contribution in [2.45, 2.75) is 31.0 Å². The number of aliphatic hydroxyl groups is 1. The standard InChI is InChI=1S/C28H28F6N4O2/c29-27(30,31)20-6-3-5-19(15-20)25-17-37(16-21-22(9-4-10-35-21)36-11-13-40-14-12-36)23-7-1-2-8-24(23)38(25)18-26(39)28(32,33)34/h1-10,15,25-26,39H,11-14,16-18H2/t25-,26+/m0/s1. The minimum Gasteiger partial charge on any atom is -0.382 e. The molecule has 0 bridgehead atoms. The number of hydrogen-bond donors (Lipinski definition) is 1. The molecule has 40 heavy (non-hydrogen) atoms. The number of β-amino-alcohol motifs (C(OH)–C–C–N with tert-alkyl or cyclic N) is 1. The van der Waals surface area contributed by atoms with Crippen LogP contribution in [-0.4, -0.2) is 61.8 Å². The second kappa shape index (κ2) is 11.2. The first kappa shape index (κ1) is 28.0. The van der Waals surface area contributed by atoms with Gasteiger partial charge in [0.2, 0.25) is 0 Å². The van der Waals surface area contributed by atoms with Crippen LogP contribution >= 0.6 is 0 Å². The predicted molar refractivity (Wildman–Crippen MR) is 138 cm³/mol. The maximum atomic E-state index is 13.6. The summed E-state index contributed by atoms with van der Waals surface area (Å²) < 4.78 is 86.6. The topological polar surface area (TPSA) is 52.1 Å². The molecule has 2 aliphatic rings. The van der Waals surface area contributed by atoms with Crippen LogP contribution < -0.4 is 14.7 Å². The van der Waals surface area contributed by atoms with Crippen molar-refractivity contribution in [2.75, 3.05) is 54.1 Å². The van der Waals surface area contributed by atoms with E-state index in [0.717, 1.165) is 23.5 Å². The summed E-state index contributed by atoms with van der Waals surface area (Å²) in [4.78, 5) is 10.0. The minimum absolute atomic E-state index is 0.0715. The highest BCUT2D eigenvalue weighted by Gasteiger charge is 2.43. The number of morpholine rings is 1. The SMILES string of the molecule is O[C@H](CN1c2ccccc2N(Cc2ncccc2N2CCOCC2)C[C@H]1c1cccc(C(F)(F)F)c1)C(F)(F)F. The van der Waals surface area contributed by atoms with Crippen molar-refractivity contribution in [3.05, 3.63) is 83.7 Å². The van der Waals surface area contributed by atoms with Crippen LogP contribution in [-0.2, 0) is 17.5 Å². The molecule has 3 aromatic rings. The minimum atomic E-state index is -4.90. The van der Waals surface area contributed by atoms with E-state index in [-0.39, 0.29) is 18.7 Å². The number of aromatic nitrogens is 1. The van der Waals surface area contributed by atoms with Gasteiger partial charge in [0.1, 0.15) is 0 Å². The Morgan fingerprint density at radius 2 is 1.60 bits per heavy atom. The number of rotatable bonds is 6. The summed E-state index contributed by atoms with van der Waals surface area (Å²) >= 11 is 0. The van der Waals surface area contributed by atoms with E-state index in [4.69, 9.17) is 4.74 Å². The summed E-state index contributed by atoms with van der Waals surface area (Å²) in [5.74, 6) is 0. The van der Waals surface area contributed by atoms with Crippen molar-refractivity contribution in [1.82, 2.24) is 4.98 Å². The first-order valence-corrected chi connectivity index (χ1v) is 12.8. The molecule has 1 aromatic heterocycles. The number of benzene rings is 2. The lowest BCUT2D eigenvalue weighted by Gasteiger charge is -2.46. The van der Waals surface area contributed by atoms with E-state index in [1.807, 2.05) is 17.0 Å². The molecular weight excluding hydrogens is 538 g/mol. The van der Waals surface area contributed by atoms with Gasteiger partial charge in [-0.1, -0.05) is 24.3 Å². The average molecular weight is 567 g/mol. The normalized spacial score (nSPS) is 19.0. The van der Waals surface area contributed by atoms with Gasteiger partial charge < -0.3 is 24.5 Å². The predicted octanol–water partition coefficient (Wildman–Crippen LogP) is 5.43. The maximum absolute atomic E-state index is 13.6. The van der Waals surface area contributed by atoms with Crippen LogP contribution in [0.25, 0.3) is 0 Å². The lowest BCUT2D eigenvalue weighted by Crippen LogP contribution is -2.49. The molecule has 2 aromatic carbocycles. The van der Waals surface area contributed by atoms with E-state index in [0.29, 0.717) is 37.7 Å². The van der Waals surface area contributed by atoms with E-state index in [9.17, 15) is 31.4 Å². The Bertz CT molecular complexity index is 1310. The number of pyridine rings is 1. The third-order valence-electron chi connectivity index (χ3n) is 7.21. The Balaban J connectivity index is 1.56. The summed E-state index contributed by atoms with van der Waals surface area (Å²) in [5.41, 5.74) is 1.89. The zero-order valence-electron chi connectivity index (χ0n) is 21.4. The summed E-state index contributed by atoms with van der Waals surface area (Å²) in [5, 5.41) is 10.0. The van der Waals surface area contributed by atoms with E-state index in [1.54, 1.807) is 30.5 Å². The fourth-order valence-corrected chi connectivity index (χ4v) is 5.25. The third-order valence-corrected chi connectivity index (χ3v) is 7.21. The number of alkyl halides is 6. The average Bonchev–Trinajstić information content (AvgIpc) is 2.94. The van der Waals surface area contributed by atoms with Gasteiger partial charge in [-0.15, -0.1) is 0 Å². The van der Waals surface area contributed by atoms with Crippen molar-refractivity contribution >= 4 is 17.1 Å². The third kappa shape index (κ3) is 5.97. The summed E-state index contributed by atoms with van der Waals surface area (Å²) in [6.07, 6.45) is -10.6. The zero-order valence-corrected chi connectivity index (χ0v) is 21.4. The number of halogens is 6. The van der Waals surface area contributed by atoms with Crippen molar-refractivity contribution in [3.63, 3.8) is 0 Å². The van der Waals surface area contributed by atoms with Crippen molar-refractivity contribution in [2.24, 2.45) is 0 Å². The quantitative estimate of drug-likeness (QED) is 0.402. The van der Waals surface area contributed by atoms with Crippen molar-refractivity contribution in [3.8, 4) is 0 Å². The molecule has 0 saturated carbocycles. The first-order valence-electron chi connectivity index (χ1n) is 12.8. The van der Waals surface area contributed by atoms with E-state index in [1.165, 1.54) is 17.0 Å². The van der Waals surface area contributed by atoms with Crippen molar-refractivity contribution < 1.29 is 36.2 Å². The van der Waals surface area contributed by atoms with Gasteiger partial charge >= 0.3 is 12.4 Å². The Morgan fingerprint density at radius 3 is 2.30 bits per heavy atom. The maximum Gasteiger partial charge on any atom is 0.416 e. The molecule has 0 aliphatic carbocycles. The Kier molecular flexibility index (Phi) is 7.83. The van der Waals surface area contributed by atoms with Crippen LogP contribution in [0.1, 0.15) is 22.9 Å². The molecule has 214 valence electrons. The Labute approximate surface area is 227 Å². The molecule has 1 saturated heterocycles. The van der Waals surface area contributed by atoms with Crippen molar-refractivity contribution in [1.29, 1.82) is 0 Å². The zero-order chi connectivity index (χ0) is 28.5. The molecule has 0 radical (unpaired) electrons. The fraction of sp³-hybridized carbons (Fsp3) is 0.393. The van der Waals surface area contributed by atoms with Gasteiger partial charge in [0, 0.05) is 25.8 Å². The highest BCUT2D eigenvalue weighted by atomic mass is 19.4. The molecular formula is C28H28F6N4O2. The van der Waals surface area contributed by atoms with Gasteiger partial charge in [0.25, 0.3) is 0 Å². The second-order valence-corrected chi connectivity index (χ2v) is 9.79. The number of nitrogens with zero attached hydrogens (tertiary/aromatic N) is 4. The van der Waals surface area contributed by atoms with Crippen LogP contribution in [0.4, 0.5) is 43.4 Å². The van der Waals surface area contributed by atoms with Crippen LogP contribution in [0.2, 0.25) is 0 Å². The van der Waals surface area contributed by atoms with E-state index < -0.39 is 36.6 Å². The van der Waals surface area contributed by atoms with Gasteiger partial charge in [-0.2, -0.15) is 26.3 Å². The van der Waals surface area contributed by atoms with Crippen LogP contribution in [0.5, 0.6) is 0 Å². The number of ether oxygens (including phenoxy) is 1. The molecule has 2 atom stereocenters. The molecule has 2 aliphatic heterocycles. The molecule has 0 unspecified atom stereocenters. The molecule has 0 amide bonds. The fourth-order valence-electron chi connectivity index (χ4n) is 5.25. The number of hydrogen-bond acceptors (Lipinski definition) is 6. The number of para-hydroxylation sites is 2. The lowest BCUT2D eigenvalue weighted by molar-refractivity contribution is -0.200. The van der Waals surface area contributed by atoms with Crippen LogP contribution in [0.3, 0.4) is 0 Å². The van der Waals surface area contributed by atoms with Crippen LogP contribution in [0.15, 0.2) is 66.9 Å². The van der Waals surface area contributed by atoms with Gasteiger partial charge in [-0.3, -0.25) is 4.98 Å². The first-order chi connectivity index (χ1) is 19.0. The summed E-state index contributed by atoms with van der Waals surface area (Å²) in [6.45, 7) is 1.98. The molecule has 1 fully saturated rings. The van der Waals surface area contributed by atoms with Gasteiger partial charge in [0.05, 0.1) is 60.7 Å². The molecule has 1 N–H and O–H groups in total. The summed E-state index contributed by atoms with van der Waals surface area (Å²) in [6, 6.07) is 14.2. The van der Waals surface area contributed by atoms with Crippen LogP contribution in [0, 0.1) is 0 Å².